The molecule has 164 valence electrons. The van der Waals surface area contributed by atoms with E-state index >= 15 is 0 Å². The summed E-state index contributed by atoms with van der Waals surface area (Å²) in [4.78, 5) is 23.1. The molecule has 7 heteroatoms. The zero-order valence-electron chi connectivity index (χ0n) is 17.8. The molecule has 1 N–H and O–H groups in total. The Labute approximate surface area is 191 Å². The summed E-state index contributed by atoms with van der Waals surface area (Å²) in [5, 5.41) is 0.700. The molecule has 32 heavy (non-hydrogen) atoms. The third-order valence-corrected chi connectivity index (χ3v) is 6.31. The fraction of sp³-hybridized carbons (Fsp3) is 0.280. The van der Waals surface area contributed by atoms with Gasteiger partial charge in [-0.3, -0.25) is 4.79 Å². The second-order valence-corrected chi connectivity index (χ2v) is 8.60. The van der Waals surface area contributed by atoms with Gasteiger partial charge in [-0.05, 0) is 67.8 Å². The molecule has 0 saturated carbocycles. The number of hydrogen-bond donors (Lipinski definition) is 1. The van der Waals surface area contributed by atoms with Crippen LogP contribution in [0.15, 0.2) is 59.0 Å². The van der Waals surface area contributed by atoms with Crippen molar-refractivity contribution in [2.45, 2.75) is 32.3 Å². The average molecular weight is 450 g/mol. The van der Waals surface area contributed by atoms with E-state index in [1.165, 1.54) is 0 Å². The predicted octanol–water partition coefficient (Wildman–Crippen LogP) is 5.72. The number of aromatic amines is 1. The van der Waals surface area contributed by atoms with Crippen LogP contribution in [0.1, 0.15) is 46.5 Å². The molecule has 2 aromatic heterocycles. The van der Waals surface area contributed by atoms with Crippen LogP contribution in [0, 0.1) is 6.92 Å². The minimum atomic E-state index is -0.0978. The van der Waals surface area contributed by atoms with Gasteiger partial charge in [0.15, 0.2) is 5.76 Å². The highest BCUT2D eigenvalue weighted by Gasteiger charge is 2.28. The lowest BCUT2D eigenvalue weighted by atomic mass is 9.97. The lowest BCUT2D eigenvalue weighted by Gasteiger charge is -2.31. The van der Waals surface area contributed by atoms with Crippen LogP contribution < -0.4 is 4.74 Å². The number of nitrogens with one attached hydrogen (secondary N) is 1. The van der Waals surface area contributed by atoms with Crippen LogP contribution >= 0.6 is 11.6 Å². The molecule has 4 aromatic rings. The fourth-order valence-electron chi connectivity index (χ4n) is 4.14. The first kappa shape index (κ1) is 20.6. The number of halogens is 1. The van der Waals surface area contributed by atoms with E-state index in [9.17, 15) is 4.79 Å². The topological polar surface area (TPSA) is 71.4 Å². The summed E-state index contributed by atoms with van der Waals surface area (Å²) < 4.78 is 11.6. The van der Waals surface area contributed by atoms with Crippen molar-refractivity contribution in [3.63, 3.8) is 0 Å². The van der Waals surface area contributed by atoms with Crippen LogP contribution in [0.3, 0.4) is 0 Å². The van der Waals surface area contributed by atoms with Gasteiger partial charge in [-0.1, -0.05) is 23.7 Å². The van der Waals surface area contributed by atoms with Gasteiger partial charge in [0.05, 0.1) is 11.0 Å². The molecule has 0 aliphatic carbocycles. The molecule has 1 unspecified atom stereocenters. The fourth-order valence-corrected chi connectivity index (χ4v) is 4.26. The quantitative estimate of drug-likeness (QED) is 0.423. The van der Waals surface area contributed by atoms with Crippen LogP contribution in [-0.4, -0.2) is 33.9 Å². The summed E-state index contributed by atoms with van der Waals surface area (Å²) in [7, 11) is 0. The zero-order chi connectivity index (χ0) is 22.1. The standard InChI is InChI=1S/C25H24ClN3O3/c1-16-13-18(8-10-20(16)26)31-15-19-9-11-23(32-19)25(30)29-12-4-5-17(14-29)24-27-21-6-2-3-7-22(21)28-24/h2-3,6-11,13,17H,4-5,12,14-15H2,1H3,(H,27,28). The van der Waals surface area contributed by atoms with Crippen molar-refractivity contribution in [3.8, 4) is 5.75 Å². The summed E-state index contributed by atoms with van der Waals surface area (Å²) in [6, 6.07) is 17.0. The second kappa shape index (κ2) is 8.71. The predicted molar refractivity (Wildman–Crippen MR) is 123 cm³/mol. The Morgan fingerprint density at radius 1 is 1.25 bits per heavy atom. The molecular formula is C25H24ClN3O3. The van der Waals surface area contributed by atoms with Crippen LogP contribution in [0.4, 0.5) is 0 Å². The first-order valence-electron chi connectivity index (χ1n) is 10.8. The monoisotopic (exact) mass is 449 g/mol. The number of furan rings is 1. The third kappa shape index (κ3) is 4.23. The number of nitrogens with zero attached hydrogens (tertiary/aromatic N) is 2. The molecule has 1 aliphatic rings. The summed E-state index contributed by atoms with van der Waals surface area (Å²) in [6.07, 6.45) is 1.93. The number of H-pyrrole nitrogens is 1. The molecule has 1 saturated heterocycles. The molecule has 0 spiro atoms. The first-order valence-corrected chi connectivity index (χ1v) is 11.2. The van der Waals surface area contributed by atoms with Crippen molar-refractivity contribution >= 4 is 28.5 Å². The number of aromatic nitrogens is 2. The van der Waals surface area contributed by atoms with Crippen LogP contribution in [-0.2, 0) is 6.61 Å². The maximum Gasteiger partial charge on any atom is 0.289 e. The van der Waals surface area contributed by atoms with Crippen molar-refractivity contribution < 1.29 is 13.9 Å². The molecule has 1 amide bonds. The minimum absolute atomic E-state index is 0.0978. The first-order chi connectivity index (χ1) is 15.6. The minimum Gasteiger partial charge on any atom is -0.486 e. The Morgan fingerprint density at radius 2 is 2.12 bits per heavy atom. The molecular weight excluding hydrogens is 426 g/mol. The Kier molecular flexibility index (Phi) is 5.62. The summed E-state index contributed by atoms with van der Waals surface area (Å²) >= 11 is 6.06. The Morgan fingerprint density at radius 3 is 2.97 bits per heavy atom. The SMILES string of the molecule is Cc1cc(OCc2ccc(C(=O)N3CCCC(c4nc5ccccc5[nH]4)C3)o2)ccc1Cl. The van der Waals surface area contributed by atoms with Gasteiger partial charge in [0, 0.05) is 24.0 Å². The summed E-state index contributed by atoms with van der Waals surface area (Å²) in [5.74, 6) is 2.68. The zero-order valence-corrected chi connectivity index (χ0v) is 18.6. The van der Waals surface area contributed by atoms with Gasteiger partial charge in [0.2, 0.25) is 0 Å². The van der Waals surface area contributed by atoms with Gasteiger partial charge in [-0.25, -0.2) is 4.98 Å². The third-order valence-electron chi connectivity index (χ3n) is 5.89. The number of amides is 1. The van der Waals surface area contributed by atoms with E-state index in [2.05, 4.69) is 4.98 Å². The number of fused-ring (bicyclic) bond motifs is 1. The van der Waals surface area contributed by atoms with E-state index < -0.39 is 0 Å². The molecule has 0 radical (unpaired) electrons. The number of rotatable bonds is 5. The number of carbonyl (C=O) groups is 1. The van der Waals surface area contributed by atoms with E-state index in [1.807, 2.05) is 48.2 Å². The largest absolute Gasteiger partial charge is 0.486 e. The average Bonchev–Trinajstić information content (AvgIpc) is 3.47. The van der Waals surface area contributed by atoms with Crippen molar-refractivity contribution in [2.75, 3.05) is 13.1 Å². The number of para-hydroxylation sites is 2. The molecule has 3 heterocycles. The molecule has 0 bridgehead atoms. The van der Waals surface area contributed by atoms with E-state index in [0.29, 0.717) is 35.4 Å². The Balaban J connectivity index is 1.24. The van der Waals surface area contributed by atoms with Crippen LogP contribution in [0.2, 0.25) is 5.02 Å². The van der Waals surface area contributed by atoms with Crippen LogP contribution in [0.25, 0.3) is 11.0 Å². The van der Waals surface area contributed by atoms with E-state index in [-0.39, 0.29) is 18.4 Å². The van der Waals surface area contributed by atoms with Gasteiger partial charge in [0.25, 0.3) is 5.91 Å². The maximum atomic E-state index is 13.1. The van der Waals surface area contributed by atoms with E-state index in [4.69, 9.17) is 25.7 Å². The van der Waals surface area contributed by atoms with Gasteiger partial charge in [-0.15, -0.1) is 0 Å². The molecule has 6 nitrogen and oxygen atoms in total. The van der Waals surface area contributed by atoms with Gasteiger partial charge in [0.1, 0.15) is 23.9 Å². The molecule has 5 rings (SSSR count). The second-order valence-electron chi connectivity index (χ2n) is 8.20. The van der Waals surface area contributed by atoms with Crippen molar-refractivity contribution in [1.29, 1.82) is 0 Å². The smallest absolute Gasteiger partial charge is 0.289 e. The van der Waals surface area contributed by atoms with Crippen molar-refractivity contribution in [3.05, 3.63) is 82.5 Å². The summed E-state index contributed by atoms with van der Waals surface area (Å²) in [6.45, 7) is 3.51. The number of hydrogen-bond acceptors (Lipinski definition) is 4. The molecule has 1 atom stereocenters. The number of ether oxygens (including phenoxy) is 1. The normalized spacial score (nSPS) is 16.4. The van der Waals surface area contributed by atoms with Crippen LogP contribution in [0.5, 0.6) is 5.75 Å². The highest BCUT2D eigenvalue weighted by atomic mass is 35.5. The van der Waals surface area contributed by atoms with E-state index in [1.54, 1.807) is 18.2 Å². The van der Waals surface area contributed by atoms with Gasteiger partial charge >= 0.3 is 0 Å². The lowest BCUT2D eigenvalue weighted by molar-refractivity contribution is 0.0668. The van der Waals surface area contributed by atoms with Crippen molar-refractivity contribution in [1.82, 2.24) is 14.9 Å². The number of likely N-dealkylation sites (tertiary alicyclic amines) is 1. The highest BCUT2D eigenvalue weighted by molar-refractivity contribution is 6.31. The lowest BCUT2D eigenvalue weighted by Crippen LogP contribution is -2.39. The Bertz CT molecular complexity index is 1230. The number of carbonyl (C=O) groups excluding carboxylic acids is 1. The van der Waals surface area contributed by atoms with Crippen molar-refractivity contribution in [2.24, 2.45) is 0 Å². The number of benzene rings is 2. The number of aryl methyl sites for hydroxylation is 1. The number of imidazole rings is 1. The summed E-state index contributed by atoms with van der Waals surface area (Å²) in [5.41, 5.74) is 2.93. The highest BCUT2D eigenvalue weighted by Crippen LogP contribution is 2.28. The van der Waals surface area contributed by atoms with Gasteiger partial charge in [-0.2, -0.15) is 0 Å². The molecule has 2 aromatic carbocycles. The van der Waals surface area contributed by atoms with E-state index in [0.717, 1.165) is 35.3 Å². The Hall–Kier alpha value is -3.25. The number of piperidine rings is 1. The molecule has 1 fully saturated rings. The maximum absolute atomic E-state index is 13.1. The molecule has 1 aliphatic heterocycles. The van der Waals surface area contributed by atoms with Gasteiger partial charge < -0.3 is 19.0 Å².